The van der Waals surface area contributed by atoms with Crippen LogP contribution in [0, 0.1) is 17.5 Å². The zero-order chi connectivity index (χ0) is 28.9. The van der Waals surface area contributed by atoms with Crippen molar-refractivity contribution in [2.45, 2.75) is 37.3 Å². The maximum absolute atomic E-state index is 15.8. The summed E-state index contributed by atoms with van der Waals surface area (Å²) in [5.41, 5.74) is 1.67. The molecule has 39 heavy (non-hydrogen) atoms. The highest BCUT2D eigenvalue weighted by Gasteiger charge is 2.38. The Morgan fingerprint density at radius 2 is 1.67 bits per heavy atom. The standard InChI is InChI=1S/C24H19F6N5O2S2/c1-23(2,3)21-34-19(20(38-21)15-8-9-32-22(31)33-15)17-13(26)5-6-14(18(17)27)35-39(36,37)16-7-4-11(25)10-12(16)24(28,29)30/h4-10,35H,1-3H3,(H2,31,32,33). The number of thiazole rings is 1. The van der Waals surface area contributed by atoms with Gasteiger partial charge in [-0.3, -0.25) is 4.72 Å². The zero-order valence-electron chi connectivity index (χ0n) is 20.4. The van der Waals surface area contributed by atoms with E-state index in [1.54, 1.807) is 4.72 Å². The minimum absolute atomic E-state index is 0.00398. The quantitative estimate of drug-likeness (QED) is 0.262. The molecule has 0 aliphatic rings. The van der Waals surface area contributed by atoms with E-state index in [9.17, 15) is 26.0 Å². The maximum atomic E-state index is 15.8. The van der Waals surface area contributed by atoms with Crippen LogP contribution >= 0.6 is 11.3 Å². The number of aromatic nitrogens is 3. The summed E-state index contributed by atoms with van der Waals surface area (Å²) in [5, 5.41) is 0.454. The van der Waals surface area contributed by atoms with Crippen molar-refractivity contribution in [1.82, 2.24) is 15.0 Å². The lowest BCUT2D eigenvalue weighted by Crippen LogP contribution is -2.20. The average molecular weight is 588 g/mol. The van der Waals surface area contributed by atoms with Gasteiger partial charge in [-0.05, 0) is 36.4 Å². The number of anilines is 2. The monoisotopic (exact) mass is 587 g/mol. The average Bonchev–Trinajstić information content (AvgIpc) is 3.26. The molecule has 0 bridgehead atoms. The van der Waals surface area contributed by atoms with E-state index in [-0.39, 0.29) is 28.3 Å². The first-order valence-electron chi connectivity index (χ1n) is 11.0. The first kappa shape index (κ1) is 28.3. The molecule has 0 spiro atoms. The predicted octanol–water partition coefficient (Wildman–Crippen LogP) is 6.38. The maximum Gasteiger partial charge on any atom is 0.417 e. The van der Waals surface area contributed by atoms with E-state index in [2.05, 4.69) is 15.0 Å². The number of alkyl halides is 3. The lowest BCUT2D eigenvalue weighted by Gasteiger charge is -2.16. The molecule has 0 aliphatic carbocycles. The molecular formula is C24H19F6N5O2S2. The van der Waals surface area contributed by atoms with E-state index in [0.717, 1.165) is 17.4 Å². The van der Waals surface area contributed by atoms with Crippen LogP contribution in [0.1, 0.15) is 31.3 Å². The number of halogens is 6. The molecule has 0 aliphatic heterocycles. The third-order valence-electron chi connectivity index (χ3n) is 5.28. The molecule has 4 aromatic rings. The molecule has 0 unspecified atom stereocenters. The van der Waals surface area contributed by atoms with Crippen molar-refractivity contribution in [1.29, 1.82) is 0 Å². The van der Waals surface area contributed by atoms with Gasteiger partial charge in [0, 0.05) is 11.6 Å². The molecule has 0 radical (unpaired) electrons. The molecule has 2 aromatic carbocycles. The van der Waals surface area contributed by atoms with Crippen molar-refractivity contribution in [3.8, 4) is 21.8 Å². The van der Waals surface area contributed by atoms with E-state index < -0.39 is 60.8 Å². The van der Waals surface area contributed by atoms with Gasteiger partial charge >= 0.3 is 6.18 Å². The fraction of sp³-hybridized carbons (Fsp3) is 0.208. The summed E-state index contributed by atoms with van der Waals surface area (Å²) < 4.78 is 112. The van der Waals surface area contributed by atoms with Crippen molar-refractivity contribution in [3.63, 3.8) is 0 Å². The molecule has 7 nitrogen and oxygen atoms in total. The predicted molar refractivity (Wildman–Crippen MR) is 134 cm³/mol. The number of nitrogens with two attached hydrogens (primary N) is 1. The fourth-order valence-corrected chi connectivity index (χ4v) is 5.86. The summed E-state index contributed by atoms with van der Waals surface area (Å²) in [5.74, 6) is -4.01. The number of sulfonamides is 1. The number of rotatable bonds is 5. The van der Waals surface area contributed by atoms with Gasteiger partial charge in [0.05, 0.1) is 43.0 Å². The van der Waals surface area contributed by atoms with Gasteiger partial charge in [0.1, 0.15) is 11.6 Å². The first-order valence-corrected chi connectivity index (χ1v) is 13.3. The number of nitrogen functional groups attached to an aromatic ring is 1. The van der Waals surface area contributed by atoms with Crippen molar-refractivity contribution < 1.29 is 34.8 Å². The number of benzene rings is 2. The Morgan fingerprint density at radius 3 is 2.28 bits per heavy atom. The molecule has 0 fully saturated rings. The van der Waals surface area contributed by atoms with E-state index in [0.29, 0.717) is 23.2 Å². The zero-order valence-corrected chi connectivity index (χ0v) is 22.0. The van der Waals surface area contributed by atoms with Crippen LogP contribution in [0.4, 0.5) is 38.0 Å². The van der Waals surface area contributed by atoms with E-state index in [1.165, 1.54) is 12.3 Å². The highest BCUT2D eigenvalue weighted by molar-refractivity contribution is 7.92. The van der Waals surface area contributed by atoms with E-state index in [1.807, 2.05) is 20.8 Å². The number of hydrogen-bond donors (Lipinski definition) is 2. The Morgan fingerprint density at radius 1 is 0.974 bits per heavy atom. The fourth-order valence-electron chi connectivity index (χ4n) is 3.49. The minimum atomic E-state index is -5.24. The van der Waals surface area contributed by atoms with Gasteiger partial charge in [0.15, 0.2) is 5.82 Å². The van der Waals surface area contributed by atoms with Gasteiger partial charge in [-0.15, -0.1) is 11.3 Å². The summed E-state index contributed by atoms with van der Waals surface area (Å²) in [4.78, 5) is 11.1. The van der Waals surface area contributed by atoms with Crippen LogP contribution in [-0.4, -0.2) is 23.4 Å². The van der Waals surface area contributed by atoms with Crippen LogP contribution < -0.4 is 10.5 Å². The van der Waals surface area contributed by atoms with Crippen LogP contribution in [0.5, 0.6) is 0 Å². The van der Waals surface area contributed by atoms with Crippen molar-refractivity contribution in [2.75, 3.05) is 10.5 Å². The minimum Gasteiger partial charge on any atom is -0.368 e. The summed E-state index contributed by atoms with van der Waals surface area (Å²) in [7, 11) is -5.12. The summed E-state index contributed by atoms with van der Waals surface area (Å²) in [6.07, 6.45) is -3.91. The van der Waals surface area contributed by atoms with Gasteiger partial charge in [0.2, 0.25) is 5.95 Å². The SMILES string of the molecule is CC(C)(C)c1nc(-c2c(F)ccc(NS(=O)(=O)c3ccc(F)cc3C(F)(F)F)c2F)c(-c2ccnc(N)n2)s1. The van der Waals surface area contributed by atoms with Crippen LogP contribution in [-0.2, 0) is 21.6 Å². The largest absolute Gasteiger partial charge is 0.417 e. The highest BCUT2D eigenvalue weighted by Crippen LogP contribution is 2.43. The molecule has 3 N–H and O–H groups in total. The van der Waals surface area contributed by atoms with E-state index >= 15 is 8.78 Å². The number of hydrogen-bond acceptors (Lipinski definition) is 7. The van der Waals surface area contributed by atoms with Crippen LogP contribution in [0.15, 0.2) is 47.5 Å². The molecule has 206 valence electrons. The second-order valence-electron chi connectivity index (χ2n) is 9.27. The highest BCUT2D eigenvalue weighted by atomic mass is 32.2. The van der Waals surface area contributed by atoms with Crippen LogP contribution in [0.25, 0.3) is 21.8 Å². The first-order chi connectivity index (χ1) is 18.0. The van der Waals surface area contributed by atoms with E-state index in [4.69, 9.17) is 5.73 Å². The third kappa shape index (κ3) is 5.68. The lowest BCUT2D eigenvalue weighted by atomic mass is 9.98. The smallest absolute Gasteiger partial charge is 0.368 e. The molecule has 2 aromatic heterocycles. The molecule has 0 saturated carbocycles. The van der Waals surface area contributed by atoms with Gasteiger partial charge in [-0.1, -0.05) is 20.8 Å². The second kappa shape index (κ2) is 9.79. The normalized spacial score (nSPS) is 12.5. The Hall–Kier alpha value is -3.72. The third-order valence-corrected chi connectivity index (χ3v) is 8.21. The Kier molecular flexibility index (Phi) is 7.10. The Balaban J connectivity index is 1.89. The van der Waals surface area contributed by atoms with Crippen LogP contribution in [0.3, 0.4) is 0 Å². The topological polar surface area (TPSA) is 111 Å². The van der Waals surface area contributed by atoms with Crippen molar-refractivity contribution in [2.24, 2.45) is 0 Å². The number of nitrogens with zero attached hydrogens (tertiary/aromatic N) is 3. The van der Waals surface area contributed by atoms with Crippen LogP contribution in [0.2, 0.25) is 0 Å². The van der Waals surface area contributed by atoms with Crippen molar-refractivity contribution in [3.05, 3.63) is 70.6 Å². The molecule has 2 heterocycles. The Bertz CT molecular complexity index is 1680. The molecule has 4 rings (SSSR count). The van der Waals surface area contributed by atoms with Gasteiger partial charge in [0.25, 0.3) is 10.0 Å². The molecule has 0 saturated heterocycles. The van der Waals surface area contributed by atoms with Gasteiger partial charge in [-0.25, -0.2) is 36.5 Å². The molecule has 15 heteroatoms. The summed E-state index contributed by atoms with van der Waals surface area (Å²) in [6.45, 7) is 5.43. The number of nitrogens with one attached hydrogen (secondary N) is 1. The van der Waals surface area contributed by atoms with Gasteiger partial charge < -0.3 is 5.73 Å². The molecular weight excluding hydrogens is 568 g/mol. The molecule has 0 amide bonds. The molecule has 0 atom stereocenters. The van der Waals surface area contributed by atoms with Crippen molar-refractivity contribution >= 4 is 33.0 Å². The van der Waals surface area contributed by atoms with Gasteiger partial charge in [-0.2, -0.15) is 13.2 Å². The summed E-state index contributed by atoms with van der Waals surface area (Å²) >= 11 is 1.07. The Labute approximate surface area is 222 Å². The summed E-state index contributed by atoms with van der Waals surface area (Å²) in [6, 6.07) is 3.80. The second-order valence-corrected chi connectivity index (χ2v) is 11.9. The lowest BCUT2D eigenvalue weighted by molar-refractivity contribution is -0.140.